The van der Waals surface area contributed by atoms with Crippen LogP contribution in [0.3, 0.4) is 0 Å². The van der Waals surface area contributed by atoms with Crippen LogP contribution in [0.2, 0.25) is 0 Å². The molecule has 2 aromatic carbocycles. The molecule has 0 amide bonds. The van der Waals surface area contributed by atoms with Crippen LogP contribution in [-0.4, -0.2) is 0 Å². The van der Waals surface area contributed by atoms with Crippen LogP contribution < -0.4 is 5.32 Å². The molecule has 0 aromatic heterocycles. The second-order valence-electron chi connectivity index (χ2n) is 6.08. The number of benzene rings is 2. The number of halogens is 2. The lowest BCUT2D eigenvalue weighted by Crippen LogP contribution is -2.25. The van der Waals surface area contributed by atoms with Gasteiger partial charge in [-0.3, -0.25) is 0 Å². The molecule has 0 spiro atoms. The highest BCUT2D eigenvalue weighted by Gasteiger charge is 2.26. The van der Waals surface area contributed by atoms with E-state index >= 15 is 0 Å². The van der Waals surface area contributed by atoms with Gasteiger partial charge in [0.1, 0.15) is 11.6 Å². The van der Waals surface area contributed by atoms with E-state index in [2.05, 4.69) is 18.8 Å². The molecule has 1 heterocycles. The Morgan fingerprint density at radius 2 is 1.70 bits per heavy atom. The van der Waals surface area contributed by atoms with Crippen molar-refractivity contribution in [3.8, 4) is 0 Å². The highest BCUT2D eigenvalue weighted by Crippen LogP contribution is 2.38. The molecule has 0 saturated heterocycles. The van der Waals surface area contributed by atoms with Gasteiger partial charge in [-0.25, -0.2) is 8.78 Å². The summed E-state index contributed by atoms with van der Waals surface area (Å²) >= 11 is 0. The molecule has 23 heavy (non-hydrogen) atoms. The standard InChI is InChI=1S/C20H19F2N/c1-12-9-17(21)19(18(22)10-12)20-16(11-13(2)14(3)23-20)15-7-5-4-6-8-15/h4-10,13,23H,3,11H2,1-2H3. The zero-order chi connectivity index (χ0) is 16.6. The van der Waals surface area contributed by atoms with E-state index in [1.54, 1.807) is 6.92 Å². The molecule has 2 aromatic rings. The first-order chi connectivity index (χ1) is 11.0. The Hall–Kier alpha value is -2.42. The number of aryl methyl sites for hydroxylation is 1. The number of hydrogen-bond donors (Lipinski definition) is 1. The summed E-state index contributed by atoms with van der Waals surface area (Å²) in [5.41, 5.74) is 3.69. The van der Waals surface area contributed by atoms with Gasteiger partial charge in [0, 0.05) is 5.70 Å². The second kappa shape index (κ2) is 5.99. The van der Waals surface area contributed by atoms with Crippen LogP contribution >= 0.6 is 0 Å². The number of rotatable bonds is 2. The molecule has 3 heteroatoms. The Balaban J connectivity index is 2.25. The van der Waals surface area contributed by atoms with E-state index in [1.807, 2.05) is 30.3 Å². The first-order valence-corrected chi connectivity index (χ1v) is 7.67. The quantitative estimate of drug-likeness (QED) is 0.795. The van der Waals surface area contributed by atoms with Crippen LogP contribution in [0.25, 0.3) is 11.3 Å². The van der Waals surface area contributed by atoms with E-state index in [0.29, 0.717) is 17.7 Å². The van der Waals surface area contributed by atoms with Gasteiger partial charge in [-0.15, -0.1) is 0 Å². The minimum absolute atomic E-state index is 0.0116. The van der Waals surface area contributed by atoms with Gasteiger partial charge >= 0.3 is 0 Å². The molecule has 1 atom stereocenters. The molecular formula is C20H19F2N. The van der Waals surface area contributed by atoms with E-state index in [4.69, 9.17) is 0 Å². The summed E-state index contributed by atoms with van der Waals surface area (Å²) < 4.78 is 28.9. The predicted molar refractivity (Wildman–Crippen MR) is 90.4 cm³/mol. The van der Waals surface area contributed by atoms with Gasteiger partial charge < -0.3 is 5.32 Å². The molecular weight excluding hydrogens is 292 g/mol. The largest absolute Gasteiger partial charge is 0.358 e. The molecule has 1 N–H and O–H groups in total. The molecule has 118 valence electrons. The summed E-state index contributed by atoms with van der Waals surface area (Å²) in [5.74, 6) is -0.910. The lowest BCUT2D eigenvalue weighted by Gasteiger charge is -2.29. The third-order valence-corrected chi connectivity index (χ3v) is 4.25. The Bertz CT molecular complexity index is 768. The summed E-state index contributed by atoms with van der Waals surface area (Å²) in [5, 5.41) is 3.14. The zero-order valence-electron chi connectivity index (χ0n) is 13.3. The fourth-order valence-electron chi connectivity index (χ4n) is 2.94. The molecule has 3 rings (SSSR count). The van der Waals surface area contributed by atoms with Gasteiger partial charge in [-0.1, -0.05) is 43.8 Å². The minimum atomic E-state index is -0.555. The number of nitrogens with one attached hydrogen (secondary N) is 1. The maximum absolute atomic E-state index is 14.5. The zero-order valence-corrected chi connectivity index (χ0v) is 13.3. The van der Waals surface area contributed by atoms with Gasteiger partial charge in [-0.2, -0.15) is 0 Å². The summed E-state index contributed by atoms with van der Waals surface area (Å²) in [6, 6.07) is 12.4. The summed E-state index contributed by atoms with van der Waals surface area (Å²) in [6.45, 7) is 7.72. The Labute approximate surface area is 135 Å². The third-order valence-electron chi connectivity index (χ3n) is 4.25. The van der Waals surface area contributed by atoms with Crippen molar-refractivity contribution in [3.05, 3.63) is 83.1 Å². The fraction of sp³-hybridized carbons (Fsp3) is 0.200. The minimum Gasteiger partial charge on any atom is -0.358 e. The van der Waals surface area contributed by atoms with Crippen molar-refractivity contribution >= 4 is 11.3 Å². The van der Waals surface area contributed by atoms with Crippen LogP contribution in [0.15, 0.2) is 54.7 Å². The molecule has 1 nitrogen and oxygen atoms in total. The van der Waals surface area contributed by atoms with Crippen molar-refractivity contribution in [1.82, 2.24) is 5.32 Å². The smallest absolute Gasteiger partial charge is 0.135 e. The first-order valence-electron chi connectivity index (χ1n) is 7.67. The molecule has 0 fully saturated rings. The molecule has 1 unspecified atom stereocenters. The van der Waals surface area contributed by atoms with Crippen molar-refractivity contribution in [2.24, 2.45) is 5.92 Å². The number of hydrogen-bond acceptors (Lipinski definition) is 1. The van der Waals surface area contributed by atoms with E-state index in [0.717, 1.165) is 16.8 Å². The van der Waals surface area contributed by atoms with Crippen LogP contribution in [-0.2, 0) is 0 Å². The van der Waals surface area contributed by atoms with Gasteiger partial charge in [0.05, 0.1) is 11.3 Å². The normalized spacial score (nSPS) is 18.1. The maximum Gasteiger partial charge on any atom is 0.135 e. The molecule has 0 radical (unpaired) electrons. The lowest BCUT2D eigenvalue weighted by molar-refractivity contribution is 0.569. The van der Waals surface area contributed by atoms with Gasteiger partial charge in [0.15, 0.2) is 0 Å². The van der Waals surface area contributed by atoms with Crippen molar-refractivity contribution < 1.29 is 8.78 Å². The van der Waals surface area contributed by atoms with E-state index in [1.165, 1.54) is 12.1 Å². The lowest BCUT2D eigenvalue weighted by atomic mass is 9.86. The summed E-state index contributed by atoms with van der Waals surface area (Å²) in [6.07, 6.45) is 0.692. The maximum atomic E-state index is 14.5. The summed E-state index contributed by atoms with van der Waals surface area (Å²) in [4.78, 5) is 0. The monoisotopic (exact) mass is 311 g/mol. The average Bonchev–Trinajstić information content (AvgIpc) is 2.50. The van der Waals surface area contributed by atoms with E-state index in [9.17, 15) is 8.78 Å². The van der Waals surface area contributed by atoms with E-state index < -0.39 is 11.6 Å². The Kier molecular flexibility index (Phi) is 4.03. The third kappa shape index (κ3) is 2.91. The molecule has 0 saturated carbocycles. The molecule has 1 aliphatic rings. The van der Waals surface area contributed by atoms with Gasteiger partial charge in [0.2, 0.25) is 0 Å². The Morgan fingerprint density at radius 3 is 2.30 bits per heavy atom. The predicted octanol–water partition coefficient (Wildman–Crippen LogP) is 5.28. The number of allylic oxidation sites excluding steroid dienone is 2. The van der Waals surface area contributed by atoms with Crippen LogP contribution in [0.4, 0.5) is 8.78 Å². The van der Waals surface area contributed by atoms with Gasteiger partial charge in [-0.05, 0) is 48.1 Å². The van der Waals surface area contributed by atoms with Crippen molar-refractivity contribution in [2.75, 3.05) is 0 Å². The summed E-state index contributed by atoms with van der Waals surface area (Å²) in [7, 11) is 0. The van der Waals surface area contributed by atoms with Crippen LogP contribution in [0.5, 0.6) is 0 Å². The molecule has 1 aliphatic heterocycles. The highest BCUT2D eigenvalue weighted by molar-refractivity contribution is 5.92. The van der Waals surface area contributed by atoms with E-state index in [-0.39, 0.29) is 11.5 Å². The fourth-order valence-corrected chi connectivity index (χ4v) is 2.94. The topological polar surface area (TPSA) is 12.0 Å². The molecule has 0 aliphatic carbocycles. The first kappa shape index (κ1) is 15.5. The Morgan fingerprint density at radius 1 is 1.09 bits per heavy atom. The van der Waals surface area contributed by atoms with Crippen molar-refractivity contribution in [1.29, 1.82) is 0 Å². The molecule has 0 bridgehead atoms. The van der Waals surface area contributed by atoms with Crippen LogP contribution in [0, 0.1) is 24.5 Å². The average molecular weight is 311 g/mol. The van der Waals surface area contributed by atoms with Gasteiger partial charge in [0.25, 0.3) is 0 Å². The van der Waals surface area contributed by atoms with Crippen molar-refractivity contribution in [3.63, 3.8) is 0 Å². The van der Waals surface area contributed by atoms with Crippen molar-refractivity contribution in [2.45, 2.75) is 20.3 Å². The van der Waals surface area contributed by atoms with Crippen LogP contribution in [0.1, 0.15) is 30.0 Å². The highest BCUT2D eigenvalue weighted by atomic mass is 19.1. The second-order valence-corrected chi connectivity index (χ2v) is 6.08. The SMILES string of the molecule is C=C1NC(c2c(F)cc(C)cc2F)=C(c2ccccc2)CC1C.